The van der Waals surface area contributed by atoms with Crippen molar-refractivity contribution in [3.8, 4) is 0 Å². The van der Waals surface area contributed by atoms with Crippen molar-refractivity contribution in [2.45, 2.75) is 17.0 Å². The van der Waals surface area contributed by atoms with Gasteiger partial charge in [0.05, 0.1) is 9.95 Å². The first-order chi connectivity index (χ1) is 9.61. The number of nitro groups is 1. The number of pyridine rings is 1. The maximum Gasteiger partial charge on any atom is 0.320 e. The first-order valence-electron chi connectivity index (χ1n) is 5.65. The number of hydrogen-bond donors (Lipinski definition) is 1. The first-order valence-corrected chi connectivity index (χ1v) is 6.85. The van der Waals surface area contributed by atoms with Crippen LogP contribution in [0.5, 0.6) is 0 Å². The van der Waals surface area contributed by atoms with Crippen LogP contribution in [0.3, 0.4) is 0 Å². The van der Waals surface area contributed by atoms with Crippen molar-refractivity contribution in [2.24, 2.45) is 0 Å². The Labute approximate surface area is 124 Å². The summed E-state index contributed by atoms with van der Waals surface area (Å²) in [5.41, 5.74) is -0.182. The van der Waals surface area contributed by atoms with Crippen LogP contribution in [-0.4, -0.2) is 26.4 Å². The molecule has 0 radical (unpaired) electrons. The summed E-state index contributed by atoms with van der Waals surface area (Å²) in [7, 11) is 0. The molecule has 0 unspecified atom stereocenters. The highest BCUT2D eigenvalue weighted by Crippen LogP contribution is 2.35. The number of nitrogens with zero attached hydrogens (tertiary/aromatic N) is 4. The Morgan fingerprint density at radius 3 is 2.90 bits per heavy atom. The molecule has 7 nitrogen and oxygen atoms in total. The minimum atomic E-state index is -0.533. The number of anilines is 1. The lowest BCUT2D eigenvalue weighted by Gasteiger charge is -2.05. The molecule has 0 fully saturated rings. The van der Waals surface area contributed by atoms with Crippen molar-refractivity contribution in [1.82, 2.24) is 15.0 Å². The van der Waals surface area contributed by atoms with Crippen LogP contribution in [0.1, 0.15) is 6.92 Å². The zero-order valence-corrected chi connectivity index (χ0v) is 12.0. The fraction of sp³-hybridized carbons (Fsp3) is 0.182. The van der Waals surface area contributed by atoms with Gasteiger partial charge >= 0.3 is 5.69 Å². The van der Waals surface area contributed by atoms with E-state index < -0.39 is 4.92 Å². The van der Waals surface area contributed by atoms with Gasteiger partial charge in [-0.05, 0) is 30.8 Å². The zero-order valence-electron chi connectivity index (χ0n) is 10.4. The molecule has 20 heavy (non-hydrogen) atoms. The highest BCUT2D eigenvalue weighted by Gasteiger charge is 2.19. The summed E-state index contributed by atoms with van der Waals surface area (Å²) >= 11 is 7.03. The molecule has 0 atom stereocenters. The number of halogens is 1. The van der Waals surface area contributed by atoms with Crippen molar-refractivity contribution < 1.29 is 4.92 Å². The first kappa shape index (κ1) is 14.5. The normalized spacial score (nSPS) is 10.3. The minimum absolute atomic E-state index is 0.182. The smallest absolute Gasteiger partial charge is 0.320 e. The molecule has 0 amide bonds. The summed E-state index contributed by atoms with van der Waals surface area (Å²) in [6, 6.07) is 3.35. The third kappa shape index (κ3) is 3.34. The molecular formula is C11H10ClN5O2S. The van der Waals surface area contributed by atoms with Crippen LogP contribution in [-0.2, 0) is 0 Å². The van der Waals surface area contributed by atoms with Crippen molar-refractivity contribution in [1.29, 1.82) is 0 Å². The van der Waals surface area contributed by atoms with E-state index >= 15 is 0 Å². The maximum absolute atomic E-state index is 11.0. The topological polar surface area (TPSA) is 93.8 Å². The summed E-state index contributed by atoms with van der Waals surface area (Å²) < 4.78 is 0. The fourth-order valence-electron chi connectivity index (χ4n) is 1.34. The molecule has 0 aromatic carbocycles. The summed E-state index contributed by atoms with van der Waals surface area (Å²) in [4.78, 5) is 22.6. The van der Waals surface area contributed by atoms with Gasteiger partial charge in [0.15, 0.2) is 5.03 Å². The van der Waals surface area contributed by atoms with Gasteiger partial charge in [-0.25, -0.2) is 9.97 Å². The Bertz CT molecular complexity index is 640. The van der Waals surface area contributed by atoms with E-state index in [9.17, 15) is 10.1 Å². The molecule has 0 saturated carbocycles. The minimum Gasteiger partial charge on any atom is -0.354 e. The third-order valence-corrected chi connectivity index (χ3v) is 3.61. The van der Waals surface area contributed by atoms with Crippen LogP contribution >= 0.6 is 23.4 Å². The molecule has 2 aromatic rings. The Morgan fingerprint density at radius 1 is 1.45 bits per heavy atom. The lowest BCUT2D eigenvalue weighted by molar-refractivity contribution is -0.388. The number of hydrogen-bond acceptors (Lipinski definition) is 7. The zero-order chi connectivity index (χ0) is 14.5. The molecule has 2 heterocycles. The van der Waals surface area contributed by atoms with Gasteiger partial charge in [-0.15, -0.1) is 0 Å². The second-order valence-electron chi connectivity index (χ2n) is 3.56. The SMILES string of the molecule is CCNc1ncc([N+](=O)[O-])c(Sc2ncccc2Cl)n1. The van der Waals surface area contributed by atoms with E-state index in [1.807, 2.05) is 6.92 Å². The second-order valence-corrected chi connectivity index (χ2v) is 4.95. The summed E-state index contributed by atoms with van der Waals surface area (Å²) in [6.07, 6.45) is 2.73. The Balaban J connectivity index is 2.40. The van der Waals surface area contributed by atoms with Crippen LogP contribution in [0.25, 0.3) is 0 Å². The number of nitrogens with one attached hydrogen (secondary N) is 1. The Hall–Kier alpha value is -1.93. The quantitative estimate of drug-likeness (QED) is 0.515. The predicted molar refractivity (Wildman–Crippen MR) is 76.2 cm³/mol. The maximum atomic E-state index is 11.0. The predicted octanol–water partition coefficient (Wildman–Crippen LogP) is 3.02. The molecule has 0 aliphatic heterocycles. The van der Waals surface area contributed by atoms with E-state index in [2.05, 4.69) is 20.3 Å². The molecule has 0 saturated heterocycles. The van der Waals surface area contributed by atoms with Crippen LogP contribution in [0.2, 0.25) is 5.02 Å². The molecule has 9 heteroatoms. The summed E-state index contributed by atoms with van der Waals surface area (Å²) in [5, 5.41) is 15.0. The van der Waals surface area contributed by atoms with E-state index in [0.717, 1.165) is 11.8 Å². The van der Waals surface area contributed by atoms with E-state index in [0.29, 0.717) is 22.5 Å². The number of aromatic nitrogens is 3. The average Bonchev–Trinajstić information content (AvgIpc) is 2.42. The Kier molecular flexibility index (Phi) is 4.70. The van der Waals surface area contributed by atoms with E-state index in [1.165, 1.54) is 6.20 Å². The molecule has 1 N–H and O–H groups in total. The molecule has 0 aliphatic carbocycles. The number of rotatable bonds is 5. The molecular weight excluding hydrogens is 302 g/mol. The molecule has 2 rings (SSSR count). The lowest BCUT2D eigenvalue weighted by Crippen LogP contribution is -2.04. The average molecular weight is 312 g/mol. The van der Waals surface area contributed by atoms with Gasteiger partial charge in [0.25, 0.3) is 0 Å². The van der Waals surface area contributed by atoms with Gasteiger partial charge < -0.3 is 5.32 Å². The van der Waals surface area contributed by atoms with Crippen LogP contribution in [0.15, 0.2) is 34.6 Å². The lowest BCUT2D eigenvalue weighted by atomic mass is 10.5. The highest BCUT2D eigenvalue weighted by molar-refractivity contribution is 7.99. The molecule has 0 bridgehead atoms. The van der Waals surface area contributed by atoms with Gasteiger partial charge in [0.2, 0.25) is 5.95 Å². The Morgan fingerprint density at radius 2 is 2.25 bits per heavy atom. The highest BCUT2D eigenvalue weighted by atomic mass is 35.5. The van der Waals surface area contributed by atoms with Crippen LogP contribution < -0.4 is 5.32 Å². The van der Waals surface area contributed by atoms with E-state index in [4.69, 9.17) is 11.6 Å². The van der Waals surface area contributed by atoms with Gasteiger partial charge in [0.1, 0.15) is 11.2 Å². The van der Waals surface area contributed by atoms with Crippen molar-refractivity contribution in [3.05, 3.63) is 39.7 Å². The monoisotopic (exact) mass is 311 g/mol. The van der Waals surface area contributed by atoms with E-state index in [1.54, 1.807) is 18.3 Å². The van der Waals surface area contributed by atoms with Crippen LogP contribution in [0, 0.1) is 10.1 Å². The van der Waals surface area contributed by atoms with E-state index in [-0.39, 0.29) is 10.7 Å². The molecule has 0 spiro atoms. The summed E-state index contributed by atoms with van der Waals surface area (Å²) in [6.45, 7) is 2.50. The molecule has 104 valence electrons. The largest absolute Gasteiger partial charge is 0.354 e. The van der Waals surface area contributed by atoms with Crippen LogP contribution in [0.4, 0.5) is 11.6 Å². The van der Waals surface area contributed by atoms with Gasteiger partial charge in [-0.2, -0.15) is 4.98 Å². The molecule has 0 aliphatic rings. The third-order valence-electron chi connectivity index (χ3n) is 2.19. The fourth-order valence-corrected chi connectivity index (χ4v) is 2.40. The second kappa shape index (κ2) is 6.49. The van der Waals surface area contributed by atoms with Gasteiger partial charge in [-0.3, -0.25) is 10.1 Å². The van der Waals surface area contributed by atoms with Crippen molar-refractivity contribution in [2.75, 3.05) is 11.9 Å². The van der Waals surface area contributed by atoms with Crippen molar-refractivity contribution in [3.63, 3.8) is 0 Å². The molecule has 2 aromatic heterocycles. The van der Waals surface area contributed by atoms with Gasteiger partial charge in [-0.1, -0.05) is 11.6 Å². The standard InChI is InChI=1S/C11H10ClN5O2S/c1-2-13-11-15-6-8(17(18)19)10(16-11)20-9-7(12)4-3-5-14-9/h3-6H,2H2,1H3,(H,13,15,16). The van der Waals surface area contributed by atoms with Crippen molar-refractivity contribution >= 4 is 35.0 Å². The summed E-state index contributed by atoms with van der Waals surface area (Å²) in [5.74, 6) is 0.327. The van der Waals surface area contributed by atoms with Gasteiger partial charge in [0, 0.05) is 12.7 Å².